The molecule has 4 rings (SSSR count). The van der Waals surface area contributed by atoms with Crippen molar-refractivity contribution in [3.63, 3.8) is 0 Å². The highest BCUT2D eigenvalue weighted by atomic mass is 16.5. The maximum atomic E-state index is 12.4. The number of aromatic hydroxyl groups is 4. The molecule has 54 heavy (non-hydrogen) atoms. The standard InChI is InChI=1S/C23H32O4.C21H30O2.C2H6O2/c1-6-7-8-9-16-13-19(24)21(22(25)20(16)23(26)27-5)18-12-15(4)10-11-17(18)14(2)3;1-5-6-7-8-16-12-19(22)21(20(23)13-16)18-11-15(4)9-10-17(18)14(2)3;3-1-2-4/h12-13,17-18,24-25H,2,6-11H2,1,3-5H3;11-13,17-18,22-23H,2,5-10H2,1,3-4H3;3-4H,1-2H2/t17-,18?;17-,18+;/m00./s1. The zero-order valence-electron chi connectivity index (χ0n) is 34.0. The number of aryl methyl sites for hydroxylation is 2. The van der Waals surface area contributed by atoms with Gasteiger partial charge in [-0.1, -0.05) is 87.1 Å². The van der Waals surface area contributed by atoms with Gasteiger partial charge in [0.25, 0.3) is 0 Å². The van der Waals surface area contributed by atoms with Crippen molar-refractivity contribution in [1.82, 2.24) is 0 Å². The molecule has 0 bridgehead atoms. The lowest BCUT2D eigenvalue weighted by molar-refractivity contribution is 0.0595. The van der Waals surface area contributed by atoms with Gasteiger partial charge in [0.05, 0.1) is 20.3 Å². The molecule has 0 heterocycles. The third-order valence-corrected chi connectivity index (χ3v) is 10.6. The molecule has 0 saturated carbocycles. The second kappa shape index (κ2) is 23.0. The van der Waals surface area contributed by atoms with Crippen molar-refractivity contribution >= 4 is 5.97 Å². The molecule has 8 nitrogen and oxygen atoms in total. The van der Waals surface area contributed by atoms with E-state index in [1.54, 1.807) is 6.07 Å². The van der Waals surface area contributed by atoms with Crippen molar-refractivity contribution in [2.75, 3.05) is 20.3 Å². The van der Waals surface area contributed by atoms with Gasteiger partial charge in [0.2, 0.25) is 0 Å². The Labute approximate surface area is 324 Å². The van der Waals surface area contributed by atoms with Gasteiger partial charge in [0, 0.05) is 23.0 Å². The average molecular weight is 749 g/mol. The number of phenols is 4. The number of aliphatic hydroxyl groups excluding tert-OH is 2. The Morgan fingerprint density at radius 2 is 1.17 bits per heavy atom. The summed E-state index contributed by atoms with van der Waals surface area (Å²) in [5.74, 6) is -0.0379. The van der Waals surface area contributed by atoms with Crippen LogP contribution in [0.4, 0.5) is 0 Å². The summed E-state index contributed by atoms with van der Waals surface area (Å²) >= 11 is 0. The van der Waals surface area contributed by atoms with Crippen LogP contribution in [-0.2, 0) is 17.6 Å². The van der Waals surface area contributed by atoms with Crippen molar-refractivity contribution < 1.29 is 40.2 Å². The highest BCUT2D eigenvalue weighted by Gasteiger charge is 2.33. The summed E-state index contributed by atoms with van der Waals surface area (Å²) in [5, 5.41) is 58.1. The van der Waals surface area contributed by atoms with E-state index in [-0.39, 0.29) is 65.4 Å². The van der Waals surface area contributed by atoms with Crippen LogP contribution in [0.15, 0.2) is 65.8 Å². The minimum atomic E-state index is -0.566. The number of hydrogen-bond acceptors (Lipinski definition) is 8. The molecular weight excluding hydrogens is 680 g/mol. The van der Waals surface area contributed by atoms with Crippen LogP contribution in [0.25, 0.3) is 0 Å². The van der Waals surface area contributed by atoms with E-state index >= 15 is 0 Å². The van der Waals surface area contributed by atoms with Gasteiger partial charge >= 0.3 is 5.97 Å². The van der Waals surface area contributed by atoms with Crippen LogP contribution in [0.1, 0.15) is 150 Å². The van der Waals surface area contributed by atoms with Gasteiger partial charge in [-0.25, -0.2) is 4.79 Å². The smallest absolute Gasteiger partial charge is 0.341 e. The minimum Gasteiger partial charge on any atom is -0.507 e. The summed E-state index contributed by atoms with van der Waals surface area (Å²) in [6, 6.07) is 5.29. The van der Waals surface area contributed by atoms with E-state index in [0.29, 0.717) is 23.1 Å². The number of rotatable bonds is 14. The first-order chi connectivity index (χ1) is 25.7. The first-order valence-electron chi connectivity index (χ1n) is 19.7. The van der Waals surface area contributed by atoms with E-state index in [1.165, 1.54) is 31.1 Å². The maximum Gasteiger partial charge on any atom is 0.341 e. The van der Waals surface area contributed by atoms with Crippen molar-refractivity contribution in [1.29, 1.82) is 0 Å². The van der Waals surface area contributed by atoms with E-state index in [0.717, 1.165) is 74.5 Å². The molecule has 0 aliphatic heterocycles. The van der Waals surface area contributed by atoms with Gasteiger partial charge in [-0.15, -0.1) is 0 Å². The molecule has 4 atom stereocenters. The van der Waals surface area contributed by atoms with E-state index < -0.39 is 5.97 Å². The fourth-order valence-corrected chi connectivity index (χ4v) is 7.70. The van der Waals surface area contributed by atoms with Gasteiger partial charge < -0.3 is 35.4 Å². The highest BCUT2D eigenvalue weighted by Crippen LogP contribution is 2.49. The average Bonchev–Trinajstić information content (AvgIpc) is 3.11. The number of carbonyl (C=O) groups is 1. The van der Waals surface area contributed by atoms with Crippen LogP contribution < -0.4 is 0 Å². The molecule has 2 aliphatic rings. The molecule has 0 radical (unpaired) electrons. The van der Waals surface area contributed by atoms with Crippen molar-refractivity contribution in [2.24, 2.45) is 11.8 Å². The normalized spacial score (nSPS) is 19.3. The van der Waals surface area contributed by atoms with Crippen LogP contribution in [0.2, 0.25) is 0 Å². The number of carbonyl (C=O) groups excluding carboxylic acids is 1. The molecule has 2 aromatic carbocycles. The summed E-state index contributed by atoms with van der Waals surface area (Å²) in [7, 11) is 1.31. The van der Waals surface area contributed by atoms with Crippen LogP contribution >= 0.6 is 0 Å². The summed E-state index contributed by atoms with van der Waals surface area (Å²) < 4.78 is 4.93. The van der Waals surface area contributed by atoms with E-state index in [1.807, 2.05) is 26.0 Å². The topological polar surface area (TPSA) is 148 Å². The Hall–Kier alpha value is -4.01. The molecule has 2 aliphatic carbocycles. The number of esters is 1. The van der Waals surface area contributed by atoms with E-state index in [4.69, 9.17) is 14.9 Å². The van der Waals surface area contributed by atoms with Crippen LogP contribution in [0.3, 0.4) is 0 Å². The maximum absolute atomic E-state index is 12.4. The third kappa shape index (κ3) is 12.8. The molecule has 300 valence electrons. The minimum absolute atomic E-state index is 0.0194. The van der Waals surface area contributed by atoms with Gasteiger partial charge in [0.1, 0.15) is 28.6 Å². The van der Waals surface area contributed by atoms with Gasteiger partial charge in [-0.2, -0.15) is 0 Å². The number of ether oxygens (including phenoxy) is 1. The van der Waals surface area contributed by atoms with Gasteiger partial charge in [-0.05, 0) is 120 Å². The number of phenolic OH excluding ortho intramolecular Hbond substituents is 4. The lowest BCUT2D eigenvalue weighted by Gasteiger charge is -2.32. The second-order valence-electron chi connectivity index (χ2n) is 15.2. The Kier molecular flexibility index (Phi) is 19.7. The largest absolute Gasteiger partial charge is 0.507 e. The fraction of sp³-hybridized carbons (Fsp3) is 0.543. The Morgan fingerprint density at radius 1 is 0.722 bits per heavy atom. The fourth-order valence-electron chi connectivity index (χ4n) is 7.70. The first kappa shape index (κ1) is 46.1. The van der Waals surface area contributed by atoms with Crippen molar-refractivity contribution in [3.05, 3.63) is 93.6 Å². The molecular formula is C46H68O8. The molecule has 8 heteroatoms. The summed E-state index contributed by atoms with van der Waals surface area (Å²) in [4.78, 5) is 12.4. The lowest BCUT2D eigenvalue weighted by atomic mass is 9.73. The number of hydrogen-bond donors (Lipinski definition) is 6. The monoisotopic (exact) mass is 748 g/mol. The lowest BCUT2D eigenvalue weighted by Crippen LogP contribution is -2.18. The highest BCUT2D eigenvalue weighted by molar-refractivity contribution is 5.95. The molecule has 0 fully saturated rings. The zero-order valence-corrected chi connectivity index (χ0v) is 34.0. The van der Waals surface area contributed by atoms with Gasteiger partial charge in [-0.3, -0.25) is 0 Å². The Morgan fingerprint density at radius 3 is 1.59 bits per heavy atom. The first-order valence-corrected chi connectivity index (χ1v) is 19.7. The van der Waals surface area contributed by atoms with E-state index in [2.05, 4.69) is 53.0 Å². The zero-order chi connectivity index (χ0) is 40.5. The molecule has 6 N–H and O–H groups in total. The molecule has 2 aromatic rings. The van der Waals surface area contributed by atoms with Crippen LogP contribution in [-0.4, -0.2) is 56.9 Å². The Bertz CT molecular complexity index is 1590. The van der Waals surface area contributed by atoms with Crippen molar-refractivity contribution in [3.8, 4) is 23.0 Å². The SMILES string of the molecule is C=C(C)[C@@H]1CCC(C)=CC1c1c(O)cc(CCCCC)c(C(=O)OC)c1O.C=C(C)[C@@H]1CCC(C)=C[C@H]1c1c(O)cc(CCCCC)cc1O.OCCO. The second-order valence-corrected chi connectivity index (χ2v) is 15.2. The molecule has 0 spiro atoms. The third-order valence-electron chi connectivity index (χ3n) is 10.6. The van der Waals surface area contributed by atoms with Crippen molar-refractivity contribution in [2.45, 2.75) is 130 Å². The molecule has 0 saturated heterocycles. The van der Waals surface area contributed by atoms with Crippen LogP contribution in [0.5, 0.6) is 23.0 Å². The number of allylic oxidation sites excluding steroid dienone is 6. The summed E-state index contributed by atoms with van der Waals surface area (Å²) in [6.45, 7) is 20.4. The summed E-state index contributed by atoms with van der Waals surface area (Å²) in [6.07, 6.45) is 16.1. The quantitative estimate of drug-likeness (QED) is 0.0636. The summed E-state index contributed by atoms with van der Waals surface area (Å²) in [5.41, 5.74) is 7.55. The number of benzene rings is 2. The predicted octanol–water partition coefficient (Wildman–Crippen LogP) is 10.5. The number of aliphatic hydroxyl groups is 2. The molecule has 0 amide bonds. The number of unbranched alkanes of at least 4 members (excludes halogenated alkanes) is 4. The van der Waals surface area contributed by atoms with E-state index in [9.17, 15) is 25.2 Å². The van der Waals surface area contributed by atoms with Crippen LogP contribution in [0, 0.1) is 11.8 Å². The number of methoxy groups -OCH3 is 1. The predicted molar refractivity (Wildman–Crippen MR) is 220 cm³/mol. The van der Waals surface area contributed by atoms with Gasteiger partial charge in [0.15, 0.2) is 0 Å². The molecule has 1 unspecified atom stereocenters. The molecule has 0 aromatic heterocycles. The Balaban J connectivity index is 0.000000343.